The molecule has 0 bridgehead atoms. The first-order valence-corrected chi connectivity index (χ1v) is 5.45. The summed E-state index contributed by atoms with van der Waals surface area (Å²) in [6.45, 7) is 1.76. The molecule has 16 heavy (non-hydrogen) atoms. The van der Waals surface area contributed by atoms with Gasteiger partial charge < -0.3 is 14.6 Å². The third kappa shape index (κ3) is 2.17. The first-order chi connectivity index (χ1) is 7.83. The zero-order valence-electron chi connectivity index (χ0n) is 9.73. The summed E-state index contributed by atoms with van der Waals surface area (Å²) in [5.74, 6) is 0. The van der Waals surface area contributed by atoms with E-state index in [0.717, 1.165) is 36.3 Å². The highest BCUT2D eigenvalue weighted by Crippen LogP contribution is 2.22. The van der Waals surface area contributed by atoms with Gasteiger partial charge in [-0.1, -0.05) is 6.07 Å². The van der Waals surface area contributed by atoms with Crippen LogP contribution in [0.1, 0.15) is 6.42 Å². The van der Waals surface area contributed by atoms with E-state index in [9.17, 15) is 0 Å². The molecule has 0 fully saturated rings. The molecule has 0 spiro atoms. The van der Waals surface area contributed by atoms with Crippen LogP contribution in [0.25, 0.3) is 11.0 Å². The van der Waals surface area contributed by atoms with Crippen molar-refractivity contribution >= 4 is 16.7 Å². The van der Waals surface area contributed by atoms with Crippen LogP contribution >= 0.6 is 0 Å². The summed E-state index contributed by atoms with van der Waals surface area (Å²) < 4.78 is 5.05. The van der Waals surface area contributed by atoms with E-state index >= 15 is 0 Å². The number of para-hydroxylation sites is 1. The third-order valence-electron chi connectivity index (χ3n) is 2.68. The maximum atomic E-state index is 5.05. The van der Waals surface area contributed by atoms with E-state index in [2.05, 4.69) is 28.0 Å². The summed E-state index contributed by atoms with van der Waals surface area (Å²) in [5, 5.41) is 0. The van der Waals surface area contributed by atoms with Crippen molar-refractivity contribution in [3.63, 3.8) is 0 Å². The fourth-order valence-electron chi connectivity index (χ4n) is 1.82. The lowest BCUT2D eigenvalue weighted by atomic mass is 10.2. The van der Waals surface area contributed by atoms with Gasteiger partial charge in [0.25, 0.3) is 0 Å². The van der Waals surface area contributed by atoms with Crippen molar-refractivity contribution < 1.29 is 4.74 Å². The van der Waals surface area contributed by atoms with Crippen molar-refractivity contribution in [1.29, 1.82) is 0 Å². The van der Waals surface area contributed by atoms with Crippen LogP contribution in [0.2, 0.25) is 0 Å². The number of benzene rings is 1. The van der Waals surface area contributed by atoms with Crippen LogP contribution in [0.5, 0.6) is 0 Å². The minimum Gasteiger partial charge on any atom is -0.385 e. The molecule has 2 rings (SSSR count). The van der Waals surface area contributed by atoms with Gasteiger partial charge in [-0.15, -0.1) is 0 Å². The summed E-state index contributed by atoms with van der Waals surface area (Å²) in [7, 11) is 3.81. The minimum atomic E-state index is 0.793. The van der Waals surface area contributed by atoms with E-state index in [0.29, 0.717) is 0 Å². The van der Waals surface area contributed by atoms with Crippen molar-refractivity contribution in [1.82, 2.24) is 9.97 Å². The Bertz CT molecular complexity index is 452. The molecule has 1 aromatic carbocycles. The zero-order chi connectivity index (χ0) is 11.4. The molecule has 0 saturated carbocycles. The van der Waals surface area contributed by atoms with Gasteiger partial charge in [-0.2, -0.15) is 0 Å². The standard InChI is InChI=1S/C12H17N3O/c1-15(7-4-8-16-2)11-6-3-5-10-12(11)14-9-13-10/h3,5-6,9H,4,7-8H2,1-2H3,(H,13,14). The van der Waals surface area contributed by atoms with E-state index in [4.69, 9.17) is 4.74 Å². The second-order valence-electron chi connectivity index (χ2n) is 3.84. The minimum absolute atomic E-state index is 0.793. The van der Waals surface area contributed by atoms with Crippen molar-refractivity contribution in [2.75, 3.05) is 32.2 Å². The maximum Gasteiger partial charge on any atom is 0.112 e. The molecular weight excluding hydrogens is 202 g/mol. The Morgan fingerprint density at radius 2 is 2.31 bits per heavy atom. The molecule has 1 heterocycles. The van der Waals surface area contributed by atoms with Crippen LogP contribution in [-0.2, 0) is 4.74 Å². The van der Waals surface area contributed by atoms with Crippen LogP contribution < -0.4 is 4.90 Å². The fourth-order valence-corrected chi connectivity index (χ4v) is 1.82. The molecule has 1 aromatic heterocycles. The van der Waals surface area contributed by atoms with Gasteiger partial charge >= 0.3 is 0 Å². The van der Waals surface area contributed by atoms with Crippen molar-refractivity contribution in [2.45, 2.75) is 6.42 Å². The molecule has 4 heteroatoms. The van der Waals surface area contributed by atoms with Crippen LogP contribution in [-0.4, -0.2) is 37.3 Å². The Morgan fingerprint density at radius 1 is 1.44 bits per heavy atom. The van der Waals surface area contributed by atoms with Crippen LogP contribution in [0.3, 0.4) is 0 Å². The fraction of sp³-hybridized carbons (Fsp3) is 0.417. The van der Waals surface area contributed by atoms with E-state index in [1.54, 1.807) is 13.4 Å². The number of hydrogen-bond acceptors (Lipinski definition) is 3. The number of nitrogens with one attached hydrogen (secondary N) is 1. The Kier molecular flexibility index (Phi) is 3.41. The van der Waals surface area contributed by atoms with Gasteiger partial charge in [0.15, 0.2) is 0 Å². The molecule has 0 aliphatic heterocycles. The van der Waals surface area contributed by atoms with Crippen molar-refractivity contribution in [2.24, 2.45) is 0 Å². The highest BCUT2D eigenvalue weighted by Gasteiger charge is 2.07. The lowest BCUT2D eigenvalue weighted by Crippen LogP contribution is -2.19. The number of aromatic amines is 1. The number of hydrogen-bond donors (Lipinski definition) is 1. The molecule has 0 amide bonds. The molecule has 0 radical (unpaired) electrons. The van der Waals surface area contributed by atoms with E-state index in [-0.39, 0.29) is 0 Å². The van der Waals surface area contributed by atoms with Gasteiger partial charge in [-0.05, 0) is 18.6 Å². The number of imidazole rings is 1. The van der Waals surface area contributed by atoms with Gasteiger partial charge in [0.2, 0.25) is 0 Å². The quantitative estimate of drug-likeness (QED) is 0.782. The highest BCUT2D eigenvalue weighted by atomic mass is 16.5. The number of ether oxygens (including phenoxy) is 1. The first kappa shape index (κ1) is 11.0. The smallest absolute Gasteiger partial charge is 0.112 e. The zero-order valence-corrected chi connectivity index (χ0v) is 9.73. The van der Waals surface area contributed by atoms with Crippen molar-refractivity contribution in [3.8, 4) is 0 Å². The number of anilines is 1. The average molecular weight is 219 g/mol. The lowest BCUT2D eigenvalue weighted by Gasteiger charge is -2.19. The van der Waals surface area contributed by atoms with Crippen LogP contribution in [0, 0.1) is 0 Å². The average Bonchev–Trinajstić information content (AvgIpc) is 2.76. The van der Waals surface area contributed by atoms with E-state index in [1.165, 1.54) is 0 Å². The van der Waals surface area contributed by atoms with Gasteiger partial charge in [0.1, 0.15) is 5.52 Å². The number of H-pyrrole nitrogens is 1. The molecule has 4 nitrogen and oxygen atoms in total. The Labute approximate surface area is 95.2 Å². The molecule has 2 aromatic rings. The number of aromatic nitrogens is 2. The molecule has 0 saturated heterocycles. The number of methoxy groups -OCH3 is 1. The normalized spacial score (nSPS) is 10.9. The van der Waals surface area contributed by atoms with Crippen LogP contribution in [0.4, 0.5) is 5.69 Å². The highest BCUT2D eigenvalue weighted by molar-refractivity contribution is 5.88. The predicted molar refractivity (Wildman–Crippen MR) is 65.9 cm³/mol. The molecule has 0 aliphatic rings. The Morgan fingerprint density at radius 3 is 3.12 bits per heavy atom. The summed E-state index contributed by atoms with van der Waals surface area (Å²) >= 11 is 0. The number of fused-ring (bicyclic) bond motifs is 1. The molecule has 86 valence electrons. The molecular formula is C12H17N3O. The lowest BCUT2D eigenvalue weighted by molar-refractivity contribution is 0.196. The second-order valence-corrected chi connectivity index (χ2v) is 3.84. The first-order valence-electron chi connectivity index (χ1n) is 5.45. The van der Waals surface area contributed by atoms with Gasteiger partial charge in [0.05, 0.1) is 17.5 Å². The summed E-state index contributed by atoms with van der Waals surface area (Å²) in [5.41, 5.74) is 3.27. The molecule has 0 unspecified atom stereocenters. The van der Waals surface area contributed by atoms with Crippen molar-refractivity contribution in [3.05, 3.63) is 24.5 Å². The number of nitrogens with zero attached hydrogens (tertiary/aromatic N) is 2. The Balaban J connectivity index is 2.15. The van der Waals surface area contributed by atoms with Gasteiger partial charge in [-0.25, -0.2) is 4.98 Å². The van der Waals surface area contributed by atoms with E-state index < -0.39 is 0 Å². The SMILES string of the molecule is COCCCN(C)c1cccc2[nH]cnc12. The molecule has 1 N–H and O–H groups in total. The molecule has 0 atom stereocenters. The predicted octanol–water partition coefficient (Wildman–Crippen LogP) is 2.04. The van der Waals surface area contributed by atoms with Gasteiger partial charge in [-0.3, -0.25) is 0 Å². The van der Waals surface area contributed by atoms with E-state index in [1.807, 2.05) is 12.1 Å². The maximum absolute atomic E-state index is 5.05. The van der Waals surface area contributed by atoms with Gasteiger partial charge in [0, 0.05) is 27.3 Å². The summed E-state index contributed by atoms with van der Waals surface area (Å²) in [6, 6.07) is 6.17. The summed E-state index contributed by atoms with van der Waals surface area (Å²) in [4.78, 5) is 9.67. The number of rotatable bonds is 5. The largest absolute Gasteiger partial charge is 0.385 e. The third-order valence-corrected chi connectivity index (χ3v) is 2.68. The van der Waals surface area contributed by atoms with Crippen LogP contribution in [0.15, 0.2) is 24.5 Å². The Hall–Kier alpha value is -1.55. The second kappa shape index (κ2) is 4.99. The monoisotopic (exact) mass is 219 g/mol. The summed E-state index contributed by atoms with van der Waals surface area (Å²) in [6.07, 6.45) is 2.75. The topological polar surface area (TPSA) is 41.1 Å². The molecule has 0 aliphatic carbocycles.